The highest BCUT2D eigenvalue weighted by atomic mass is 16.5. The van der Waals surface area contributed by atoms with E-state index in [9.17, 15) is 9.59 Å². The number of alkyl carbamates (subject to hydrolysis) is 1. The molecule has 0 fully saturated rings. The van der Waals surface area contributed by atoms with Crippen molar-refractivity contribution in [2.45, 2.75) is 13.1 Å². The van der Waals surface area contributed by atoms with Crippen LogP contribution >= 0.6 is 0 Å². The van der Waals surface area contributed by atoms with Crippen LogP contribution in [0.3, 0.4) is 0 Å². The molecule has 0 aliphatic carbocycles. The highest BCUT2D eigenvalue weighted by Crippen LogP contribution is 2.09. The first-order valence-electron chi connectivity index (χ1n) is 5.42. The van der Waals surface area contributed by atoms with E-state index in [1.807, 2.05) is 11.5 Å². The van der Waals surface area contributed by atoms with Gasteiger partial charge in [-0.05, 0) is 12.5 Å². The monoisotopic (exact) mass is 252 g/mol. The predicted octanol–water partition coefficient (Wildman–Crippen LogP) is 0.604. The van der Waals surface area contributed by atoms with Gasteiger partial charge in [0.2, 0.25) is 0 Å². The Morgan fingerprint density at radius 3 is 2.50 bits per heavy atom. The van der Waals surface area contributed by atoms with Gasteiger partial charge < -0.3 is 10.1 Å². The van der Waals surface area contributed by atoms with Gasteiger partial charge in [-0.25, -0.2) is 15.4 Å². The van der Waals surface area contributed by atoms with Gasteiger partial charge >= 0.3 is 12.1 Å². The van der Waals surface area contributed by atoms with Gasteiger partial charge in [0.25, 0.3) is 0 Å². The van der Waals surface area contributed by atoms with Crippen LogP contribution < -0.4 is 21.9 Å². The van der Waals surface area contributed by atoms with Crippen molar-refractivity contribution >= 4 is 12.1 Å². The topological polar surface area (TPSA) is 105 Å². The summed E-state index contributed by atoms with van der Waals surface area (Å²) in [6.45, 7) is 1.94. The Kier molecular flexibility index (Phi) is 5.46. The third-order valence-corrected chi connectivity index (χ3v) is 2.08. The minimum absolute atomic E-state index is 0.246. The molecule has 0 heterocycles. The lowest BCUT2D eigenvalue weighted by molar-refractivity contribution is 0.146. The average molecular weight is 252 g/mol. The maximum atomic E-state index is 11.4. The van der Waals surface area contributed by atoms with E-state index < -0.39 is 18.3 Å². The van der Waals surface area contributed by atoms with E-state index in [2.05, 4.69) is 10.6 Å². The second-order valence-electron chi connectivity index (χ2n) is 3.33. The molecule has 0 aliphatic heterocycles. The van der Waals surface area contributed by atoms with E-state index in [4.69, 9.17) is 10.6 Å². The van der Waals surface area contributed by atoms with E-state index in [0.29, 0.717) is 5.56 Å². The number of nitrogens with two attached hydrogens (primary N) is 1. The third-order valence-electron chi connectivity index (χ3n) is 2.08. The number of urea groups is 1. The number of carbonyl (C=O) groups is 2. The van der Waals surface area contributed by atoms with Crippen molar-refractivity contribution in [2.24, 2.45) is 5.84 Å². The summed E-state index contributed by atoms with van der Waals surface area (Å²) < 4.78 is 4.76. The minimum Gasteiger partial charge on any atom is -0.450 e. The molecule has 1 aromatic carbocycles. The highest BCUT2D eigenvalue weighted by molar-refractivity contribution is 5.75. The molecular weight excluding hydrogens is 236 g/mol. The van der Waals surface area contributed by atoms with Crippen LogP contribution in [0.15, 0.2) is 30.3 Å². The first-order chi connectivity index (χ1) is 8.67. The van der Waals surface area contributed by atoms with Gasteiger partial charge in [-0.1, -0.05) is 30.3 Å². The number of hydrogen-bond acceptors (Lipinski definition) is 4. The first kappa shape index (κ1) is 13.8. The summed E-state index contributed by atoms with van der Waals surface area (Å²) in [5, 5.41) is 5.00. The number of hydrogen-bond donors (Lipinski definition) is 4. The standard InChI is InChI=1S/C11H16N4O3/c1-2-18-11(17)14-9(13-10(16)15-12)8-6-4-3-5-7-8/h3-7,9H,2,12H2,1H3,(H,14,17)(H2,13,15,16)/t9-/m0/s1. The molecule has 0 aliphatic rings. The molecule has 5 N–H and O–H groups in total. The van der Waals surface area contributed by atoms with E-state index in [1.165, 1.54) is 0 Å². The zero-order valence-electron chi connectivity index (χ0n) is 9.97. The normalized spacial score (nSPS) is 11.2. The predicted molar refractivity (Wildman–Crippen MR) is 65.2 cm³/mol. The second-order valence-corrected chi connectivity index (χ2v) is 3.33. The van der Waals surface area contributed by atoms with Crippen molar-refractivity contribution in [3.8, 4) is 0 Å². The van der Waals surface area contributed by atoms with Gasteiger partial charge in [0.1, 0.15) is 6.17 Å². The number of nitrogens with one attached hydrogen (secondary N) is 3. The fourth-order valence-corrected chi connectivity index (χ4v) is 1.31. The number of hydrazine groups is 1. The molecule has 0 bridgehead atoms. The molecule has 18 heavy (non-hydrogen) atoms. The molecule has 7 heteroatoms. The maximum absolute atomic E-state index is 11.4. The molecule has 1 atom stereocenters. The lowest BCUT2D eigenvalue weighted by atomic mass is 10.2. The Morgan fingerprint density at radius 1 is 1.28 bits per heavy atom. The first-order valence-corrected chi connectivity index (χ1v) is 5.42. The van der Waals surface area contributed by atoms with Crippen LogP contribution in [-0.2, 0) is 4.74 Å². The largest absolute Gasteiger partial charge is 0.450 e. The van der Waals surface area contributed by atoms with Crippen LogP contribution in [0.2, 0.25) is 0 Å². The van der Waals surface area contributed by atoms with Gasteiger partial charge in [-0.2, -0.15) is 0 Å². The van der Waals surface area contributed by atoms with Crippen LogP contribution in [0.25, 0.3) is 0 Å². The molecule has 0 saturated carbocycles. The van der Waals surface area contributed by atoms with E-state index in [-0.39, 0.29) is 6.61 Å². The Morgan fingerprint density at radius 2 is 1.94 bits per heavy atom. The van der Waals surface area contributed by atoms with E-state index >= 15 is 0 Å². The summed E-state index contributed by atoms with van der Waals surface area (Å²) >= 11 is 0. The fourth-order valence-electron chi connectivity index (χ4n) is 1.31. The van der Waals surface area contributed by atoms with Crippen LogP contribution in [0.1, 0.15) is 18.7 Å². The van der Waals surface area contributed by atoms with Crippen LogP contribution in [0, 0.1) is 0 Å². The zero-order valence-corrected chi connectivity index (χ0v) is 9.97. The molecule has 0 saturated heterocycles. The fraction of sp³-hybridized carbons (Fsp3) is 0.273. The SMILES string of the molecule is CCOC(=O)N[C@H](NC(=O)NN)c1ccccc1. The van der Waals surface area contributed by atoms with Crippen LogP contribution in [-0.4, -0.2) is 18.7 Å². The molecule has 0 unspecified atom stereocenters. The summed E-state index contributed by atoms with van der Waals surface area (Å²) in [6.07, 6.45) is -1.34. The molecule has 1 aromatic rings. The van der Waals surface area contributed by atoms with Gasteiger partial charge in [-0.15, -0.1) is 0 Å². The highest BCUT2D eigenvalue weighted by Gasteiger charge is 2.16. The Bertz CT molecular complexity index is 397. The molecule has 7 nitrogen and oxygen atoms in total. The second kappa shape index (κ2) is 7.13. The molecule has 0 spiro atoms. The van der Waals surface area contributed by atoms with Crippen molar-refractivity contribution in [1.29, 1.82) is 0 Å². The minimum atomic E-state index is -0.714. The molecular formula is C11H16N4O3. The van der Waals surface area contributed by atoms with Gasteiger partial charge in [0.05, 0.1) is 6.61 Å². The number of ether oxygens (including phenoxy) is 1. The summed E-state index contributed by atoms with van der Waals surface area (Å²) in [4.78, 5) is 22.6. The van der Waals surface area contributed by atoms with Crippen molar-refractivity contribution in [1.82, 2.24) is 16.1 Å². The van der Waals surface area contributed by atoms with Crippen LogP contribution in [0.4, 0.5) is 9.59 Å². The third kappa shape index (κ3) is 4.30. The quantitative estimate of drug-likeness (QED) is 0.272. The molecule has 98 valence electrons. The lowest BCUT2D eigenvalue weighted by Crippen LogP contribution is -2.47. The summed E-state index contributed by atoms with van der Waals surface area (Å²) in [5.74, 6) is 4.98. The van der Waals surface area contributed by atoms with Crippen molar-refractivity contribution in [3.05, 3.63) is 35.9 Å². The van der Waals surface area contributed by atoms with Gasteiger partial charge in [-0.3, -0.25) is 10.7 Å². The smallest absolute Gasteiger partial charge is 0.409 e. The number of benzene rings is 1. The average Bonchev–Trinajstić information content (AvgIpc) is 2.39. The maximum Gasteiger partial charge on any atom is 0.409 e. The number of amides is 3. The molecule has 1 rings (SSSR count). The lowest BCUT2D eigenvalue weighted by Gasteiger charge is -2.19. The van der Waals surface area contributed by atoms with Crippen molar-refractivity contribution in [2.75, 3.05) is 6.61 Å². The van der Waals surface area contributed by atoms with Crippen molar-refractivity contribution < 1.29 is 14.3 Å². The molecule has 3 amide bonds. The molecule has 0 radical (unpaired) electrons. The molecule has 0 aromatic heterocycles. The Labute approximate surface area is 105 Å². The van der Waals surface area contributed by atoms with Gasteiger partial charge in [0, 0.05) is 0 Å². The van der Waals surface area contributed by atoms with Crippen LogP contribution in [0.5, 0.6) is 0 Å². The number of rotatable bonds is 4. The Balaban J connectivity index is 2.75. The zero-order chi connectivity index (χ0) is 13.4. The van der Waals surface area contributed by atoms with Gasteiger partial charge in [0.15, 0.2) is 0 Å². The van der Waals surface area contributed by atoms with Crippen molar-refractivity contribution in [3.63, 3.8) is 0 Å². The summed E-state index contributed by atoms with van der Waals surface area (Å²) in [6, 6.07) is 8.31. The number of carbonyl (C=O) groups excluding carboxylic acids is 2. The Hall–Kier alpha value is -2.28. The summed E-state index contributed by atoms with van der Waals surface area (Å²) in [7, 11) is 0. The summed E-state index contributed by atoms with van der Waals surface area (Å²) in [5.41, 5.74) is 2.63. The van der Waals surface area contributed by atoms with E-state index in [0.717, 1.165) is 0 Å². The van der Waals surface area contributed by atoms with E-state index in [1.54, 1.807) is 31.2 Å².